The summed E-state index contributed by atoms with van der Waals surface area (Å²) in [5.41, 5.74) is 0.158. The first kappa shape index (κ1) is 11.6. The maximum absolute atomic E-state index is 10.3. The van der Waals surface area contributed by atoms with Crippen molar-refractivity contribution in [1.29, 1.82) is 0 Å². The standard InChI is InChI=1S/C13H22N2O/c1-13(7-3-4-8-13)11(16)5-6-12-14-9-10-15(12)2/h9-11,16H,3-8H2,1-2H3. The van der Waals surface area contributed by atoms with Gasteiger partial charge in [-0.25, -0.2) is 4.98 Å². The number of aliphatic hydroxyl groups excluding tert-OH is 1. The number of aliphatic hydroxyl groups is 1. The lowest BCUT2D eigenvalue weighted by Crippen LogP contribution is -2.30. The Kier molecular flexibility index (Phi) is 3.33. The van der Waals surface area contributed by atoms with Crippen molar-refractivity contribution in [3.05, 3.63) is 18.2 Å². The van der Waals surface area contributed by atoms with E-state index in [9.17, 15) is 5.11 Å². The molecule has 1 heterocycles. The van der Waals surface area contributed by atoms with E-state index in [0.29, 0.717) is 0 Å². The lowest BCUT2D eigenvalue weighted by atomic mass is 9.80. The maximum Gasteiger partial charge on any atom is 0.108 e. The highest BCUT2D eigenvalue weighted by molar-refractivity contribution is 4.94. The van der Waals surface area contributed by atoms with E-state index in [-0.39, 0.29) is 11.5 Å². The van der Waals surface area contributed by atoms with E-state index in [0.717, 1.165) is 18.7 Å². The maximum atomic E-state index is 10.3. The van der Waals surface area contributed by atoms with E-state index in [1.165, 1.54) is 25.7 Å². The van der Waals surface area contributed by atoms with Crippen molar-refractivity contribution in [3.63, 3.8) is 0 Å². The average Bonchev–Trinajstić information content (AvgIpc) is 2.85. The fraction of sp³-hybridized carbons (Fsp3) is 0.769. The molecule has 0 bridgehead atoms. The summed E-state index contributed by atoms with van der Waals surface area (Å²) >= 11 is 0. The molecule has 0 amide bonds. The summed E-state index contributed by atoms with van der Waals surface area (Å²) < 4.78 is 2.03. The van der Waals surface area contributed by atoms with Gasteiger partial charge in [-0.3, -0.25) is 0 Å². The van der Waals surface area contributed by atoms with Crippen molar-refractivity contribution < 1.29 is 5.11 Å². The number of aryl methyl sites for hydroxylation is 2. The van der Waals surface area contributed by atoms with Crippen LogP contribution >= 0.6 is 0 Å². The summed E-state index contributed by atoms with van der Waals surface area (Å²) in [6.45, 7) is 2.23. The molecule has 3 nitrogen and oxygen atoms in total. The van der Waals surface area contributed by atoms with Gasteiger partial charge in [-0.2, -0.15) is 0 Å². The number of hydrogen-bond donors (Lipinski definition) is 1. The summed E-state index contributed by atoms with van der Waals surface area (Å²) in [6, 6.07) is 0. The minimum Gasteiger partial charge on any atom is -0.393 e. The van der Waals surface area contributed by atoms with Crippen molar-refractivity contribution in [2.75, 3.05) is 0 Å². The van der Waals surface area contributed by atoms with Gasteiger partial charge in [-0.15, -0.1) is 0 Å². The van der Waals surface area contributed by atoms with Crippen LogP contribution in [-0.4, -0.2) is 20.8 Å². The Morgan fingerprint density at radius 1 is 1.50 bits per heavy atom. The predicted molar refractivity (Wildman–Crippen MR) is 64.1 cm³/mol. The number of rotatable bonds is 4. The largest absolute Gasteiger partial charge is 0.393 e. The molecule has 3 heteroatoms. The molecule has 2 rings (SSSR count). The topological polar surface area (TPSA) is 38.0 Å². The van der Waals surface area contributed by atoms with Crippen molar-refractivity contribution in [1.82, 2.24) is 9.55 Å². The summed E-state index contributed by atoms with van der Waals surface area (Å²) in [4.78, 5) is 4.29. The zero-order valence-electron chi connectivity index (χ0n) is 10.3. The Labute approximate surface area is 97.5 Å². The molecule has 1 aliphatic carbocycles. The molecule has 16 heavy (non-hydrogen) atoms. The van der Waals surface area contributed by atoms with Crippen LogP contribution in [0.15, 0.2) is 12.4 Å². The molecule has 90 valence electrons. The van der Waals surface area contributed by atoms with Gasteiger partial charge in [-0.05, 0) is 24.7 Å². The highest BCUT2D eigenvalue weighted by Crippen LogP contribution is 2.41. The molecule has 1 fully saturated rings. The van der Waals surface area contributed by atoms with E-state index in [4.69, 9.17) is 0 Å². The van der Waals surface area contributed by atoms with Crippen molar-refractivity contribution in [2.24, 2.45) is 12.5 Å². The third-order valence-electron chi connectivity index (χ3n) is 4.11. The van der Waals surface area contributed by atoms with Gasteiger partial charge < -0.3 is 9.67 Å². The Morgan fingerprint density at radius 3 is 2.75 bits per heavy atom. The molecule has 1 aromatic heterocycles. The molecule has 1 atom stereocenters. The third kappa shape index (κ3) is 2.29. The van der Waals surface area contributed by atoms with Crippen LogP contribution in [0.4, 0.5) is 0 Å². The van der Waals surface area contributed by atoms with Gasteiger partial charge in [0.15, 0.2) is 0 Å². The van der Waals surface area contributed by atoms with Gasteiger partial charge in [0.1, 0.15) is 5.82 Å². The van der Waals surface area contributed by atoms with Crippen LogP contribution < -0.4 is 0 Å². The minimum absolute atomic E-state index is 0.158. The van der Waals surface area contributed by atoms with Gasteiger partial charge in [0, 0.05) is 25.9 Å². The van der Waals surface area contributed by atoms with E-state index >= 15 is 0 Å². The second-order valence-electron chi connectivity index (χ2n) is 5.37. The molecule has 0 aliphatic heterocycles. The number of nitrogens with zero attached hydrogens (tertiary/aromatic N) is 2. The predicted octanol–water partition coefficient (Wildman–Crippen LogP) is 2.29. The quantitative estimate of drug-likeness (QED) is 0.849. The zero-order valence-corrected chi connectivity index (χ0v) is 10.3. The number of aromatic nitrogens is 2. The average molecular weight is 222 g/mol. The summed E-state index contributed by atoms with van der Waals surface area (Å²) in [5, 5.41) is 10.3. The minimum atomic E-state index is -0.174. The molecule has 1 aliphatic rings. The van der Waals surface area contributed by atoms with E-state index in [1.54, 1.807) is 0 Å². The molecule has 1 N–H and O–H groups in total. The SMILES string of the molecule is Cn1ccnc1CCC(O)C1(C)CCCC1. The third-order valence-corrected chi connectivity index (χ3v) is 4.11. The number of imidazole rings is 1. The van der Waals surface area contributed by atoms with Gasteiger partial charge in [0.05, 0.1) is 6.10 Å². The molecule has 0 radical (unpaired) electrons. The Balaban J connectivity index is 1.88. The van der Waals surface area contributed by atoms with Crippen molar-refractivity contribution >= 4 is 0 Å². The second kappa shape index (κ2) is 4.58. The van der Waals surface area contributed by atoms with Crippen molar-refractivity contribution in [2.45, 2.75) is 51.6 Å². The van der Waals surface area contributed by atoms with Gasteiger partial charge in [0.25, 0.3) is 0 Å². The Hall–Kier alpha value is -0.830. The van der Waals surface area contributed by atoms with Crippen LogP contribution in [0.1, 0.15) is 44.9 Å². The fourth-order valence-electron chi connectivity index (χ4n) is 2.77. The number of hydrogen-bond acceptors (Lipinski definition) is 2. The molecular formula is C13H22N2O. The molecular weight excluding hydrogens is 200 g/mol. The van der Waals surface area contributed by atoms with Crippen LogP contribution in [-0.2, 0) is 13.5 Å². The van der Waals surface area contributed by atoms with E-state index < -0.39 is 0 Å². The smallest absolute Gasteiger partial charge is 0.108 e. The van der Waals surface area contributed by atoms with E-state index in [2.05, 4.69) is 11.9 Å². The lowest BCUT2D eigenvalue weighted by molar-refractivity contribution is 0.0349. The second-order valence-corrected chi connectivity index (χ2v) is 5.37. The van der Waals surface area contributed by atoms with Crippen LogP contribution in [0.3, 0.4) is 0 Å². The molecule has 0 aromatic carbocycles. The highest BCUT2D eigenvalue weighted by Gasteiger charge is 2.35. The summed E-state index contributed by atoms with van der Waals surface area (Å²) in [6.07, 6.45) is 10.2. The monoisotopic (exact) mass is 222 g/mol. The van der Waals surface area contributed by atoms with Gasteiger partial charge >= 0.3 is 0 Å². The molecule has 1 unspecified atom stereocenters. The molecule has 0 spiro atoms. The van der Waals surface area contributed by atoms with Crippen molar-refractivity contribution in [3.8, 4) is 0 Å². The first-order valence-corrected chi connectivity index (χ1v) is 6.26. The fourth-order valence-corrected chi connectivity index (χ4v) is 2.77. The van der Waals surface area contributed by atoms with Gasteiger partial charge in [-0.1, -0.05) is 19.8 Å². The first-order chi connectivity index (χ1) is 7.62. The summed E-state index contributed by atoms with van der Waals surface area (Å²) in [7, 11) is 2.01. The summed E-state index contributed by atoms with van der Waals surface area (Å²) in [5.74, 6) is 1.07. The van der Waals surface area contributed by atoms with Crippen LogP contribution in [0.2, 0.25) is 0 Å². The van der Waals surface area contributed by atoms with Crippen LogP contribution in [0.5, 0.6) is 0 Å². The van der Waals surface area contributed by atoms with Gasteiger partial charge in [0.2, 0.25) is 0 Å². The Bertz CT molecular complexity index is 339. The van der Waals surface area contributed by atoms with Crippen LogP contribution in [0, 0.1) is 5.41 Å². The molecule has 1 saturated carbocycles. The normalized spacial score (nSPS) is 21.2. The Morgan fingerprint density at radius 2 is 2.19 bits per heavy atom. The zero-order chi connectivity index (χ0) is 11.6. The van der Waals surface area contributed by atoms with E-state index in [1.807, 2.05) is 24.0 Å². The molecule has 0 saturated heterocycles. The molecule has 1 aromatic rings. The lowest BCUT2D eigenvalue weighted by Gasteiger charge is -2.29. The van der Waals surface area contributed by atoms with Crippen LogP contribution in [0.25, 0.3) is 0 Å². The first-order valence-electron chi connectivity index (χ1n) is 6.26. The highest BCUT2D eigenvalue weighted by atomic mass is 16.3.